The van der Waals surface area contributed by atoms with Crippen LogP contribution in [0, 0.1) is 0 Å². The van der Waals surface area contributed by atoms with E-state index in [2.05, 4.69) is 17.3 Å². The second-order valence-electron chi connectivity index (χ2n) is 3.02. The summed E-state index contributed by atoms with van der Waals surface area (Å²) in [6, 6.07) is 6.02. The van der Waals surface area contributed by atoms with Gasteiger partial charge >= 0.3 is 0 Å². The number of benzene rings is 1. The van der Waals surface area contributed by atoms with Crippen LogP contribution in [0.25, 0.3) is 10.9 Å². The molecule has 68 valence electrons. The minimum absolute atomic E-state index is 0.824. The van der Waals surface area contributed by atoms with E-state index in [0.717, 1.165) is 17.0 Å². The van der Waals surface area contributed by atoms with Crippen LogP contribution >= 0.6 is 11.8 Å². The first-order valence-electron chi connectivity index (χ1n) is 4.16. The minimum Gasteiger partial charge on any atom is -0.397 e. The number of nitrogens with two attached hydrogens (primary N) is 1. The second kappa shape index (κ2) is 3.34. The van der Waals surface area contributed by atoms with Crippen molar-refractivity contribution >= 4 is 28.4 Å². The van der Waals surface area contributed by atoms with Gasteiger partial charge in [-0.2, -0.15) is 11.8 Å². The summed E-state index contributed by atoms with van der Waals surface area (Å²) in [5.74, 6) is 1.03. The maximum Gasteiger partial charge on any atom is 0.0690 e. The average molecular weight is 192 g/mol. The molecule has 0 unspecified atom stereocenters. The molecule has 0 atom stereocenters. The summed E-state index contributed by atoms with van der Waals surface area (Å²) < 4.78 is 0. The smallest absolute Gasteiger partial charge is 0.0690 e. The number of rotatable bonds is 2. The third kappa shape index (κ3) is 1.40. The van der Waals surface area contributed by atoms with Crippen LogP contribution in [0.2, 0.25) is 0 Å². The maximum absolute atomic E-state index is 5.83. The molecular formula is C10H12N2S. The van der Waals surface area contributed by atoms with E-state index in [0.29, 0.717) is 0 Å². The number of nitrogen functional groups attached to an aromatic ring is 1. The Labute approximate surface area is 81.5 Å². The summed E-state index contributed by atoms with van der Waals surface area (Å²) in [6.07, 6.45) is 4.14. The Morgan fingerprint density at radius 3 is 3.08 bits per heavy atom. The van der Waals surface area contributed by atoms with Crippen LogP contribution in [0.3, 0.4) is 0 Å². The van der Waals surface area contributed by atoms with Gasteiger partial charge in [-0.3, -0.25) is 0 Å². The number of fused-ring (bicyclic) bond motifs is 1. The molecule has 0 saturated carbocycles. The quantitative estimate of drug-likeness (QED) is 0.718. The van der Waals surface area contributed by atoms with Crippen LogP contribution in [0.5, 0.6) is 0 Å². The highest BCUT2D eigenvalue weighted by Crippen LogP contribution is 2.25. The average Bonchev–Trinajstić information content (AvgIpc) is 2.51. The van der Waals surface area contributed by atoms with Crippen LogP contribution < -0.4 is 5.73 Å². The summed E-state index contributed by atoms with van der Waals surface area (Å²) in [4.78, 5) is 3.20. The first-order chi connectivity index (χ1) is 6.33. The van der Waals surface area contributed by atoms with E-state index < -0.39 is 0 Å². The molecule has 0 amide bonds. The summed E-state index contributed by atoms with van der Waals surface area (Å²) in [7, 11) is 0. The number of nitrogens with one attached hydrogen (secondary N) is 1. The predicted molar refractivity (Wildman–Crippen MR) is 59.9 cm³/mol. The molecule has 0 aliphatic rings. The van der Waals surface area contributed by atoms with Crippen molar-refractivity contribution in [3.05, 3.63) is 30.0 Å². The monoisotopic (exact) mass is 192 g/mol. The molecule has 0 aliphatic carbocycles. The molecule has 0 fully saturated rings. The number of para-hydroxylation sites is 1. The molecule has 0 spiro atoms. The summed E-state index contributed by atoms with van der Waals surface area (Å²) in [5.41, 5.74) is 9.04. The van der Waals surface area contributed by atoms with E-state index in [4.69, 9.17) is 5.73 Å². The highest BCUT2D eigenvalue weighted by Gasteiger charge is 2.03. The highest BCUT2D eigenvalue weighted by atomic mass is 32.2. The Hall–Kier alpha value is -1.09. The van der Waals surface area contributed by atoms with Gasteiger partial charge in [0.05, 0.1) is 11.2 Å². The van der Waals surface area contributed by atoms with E-state index in [1.54, 1.807) is 0 Å². The third-order valence-electron chi connectivity index (χ3n) is 2.13. The van der Waals surface area contributed by atoms with E-state index in [1.165, 1.54) is 10.9 Å². The molecule has 3 N–H and O–H groups in total. The Morgan fingerprint density at radius 2 is 2.31 bits per heavy atom. The lowest BCUT2D eigenvalue weighted by atomic mass is 10.2. The van der Waals surface area contributed by atoms with Crippen LogP contribution in [-0.4, -0.2) is 11.2 Å². The van der Waals surface area contributed by atoms with Crippen molar-refractivity contribution in [2.75, 3.05) is 12.0 Å². The molecule has 0 aliphatic heterocycles. The van der Waals surface area contributed by atoms with Gasteiger partial charge in [0, 0.05) is 17.3 Å². The van der Waals surface area contributed by atoms with Gasteiger partial charge in [0.2, 0.25) is 0 Å². The van der Waals surface area contributed by atoms with Crippen molar-refractivity contribution in [2.24, 2.45) is 0 Å². The van der Waals surface area contributed by atoms with E-state index in [-0.39, 0.29) is 0 Å². The topological polar surface area (TPSA) is 41.8 Å². The van der Waals surface area contributed by atoms with Crippen molar-refractivity contribution in [2.45, 2.75) is 5.75 Å². The van der Waals surface area contributed by atoms with E-state index in [9.17, 15) is 0 Å². The number of anilines is 1. The Bertz CT molecular complexity index is 420. The predicted octanol–water partition coefficient (Wildman–Crippen LogP) is 2.61. The Kier molecular flexibility index (Phi) is 2.19. The highest BCUT2D eigenvalue weighted by molar-refractivity contribution is 7.97. The first-order valence-corrected chi connectivity index (χ1v) is 5.55. The van der Waals surface area contributed by atoms with Crippen molar-refractivity contribution in [1.29, 1.82) is 0 Å². The molecule has 0 radical (unpaired) electrons. The van der Waals surface area contributed by atoms with Gasteiger partial charge in [-0.25, -0.2) is 0 Å². The summed E-state index contributed by atoms with van der Waals surface area (Å²) in [5, 5.41) is 1.24. The Balaban J connectivity index is 2.61. The lowest BCUT2D eigenvalue weighted by Crippen LogP contribution is -1.85. The molecule has 2 rings (SSSR count). The molecular weight excluding hydrogens is 180 g/mol. The fourth-order valence-electron chi connectivity index (χ4n) is 1.51. The zero-order valence-corrected chi connectivity index (χ0v) is 8.32. The van der Waals surface area contributed by atoms with Gasteiger partial charge in [-0.05, 0) is 17.9 Å². The van der Waals surface area contributed by atoms with Crippen molar-refractivity contribution in [1.82, 2.24) is 4.98 Å². The largest absolute Gasteiger partial charge is 0.397 e. The molecule has 2 aromatic rings. The van der Waals surface area contributed by atoms with Crippen LogP contribution in [0.1, 0.15) is 5.56 Å². The fourth-order valence-corrected chi connectivity index (χ4v) is 2.06. The lowest BCUT2D eigenvalue weighted by molar-refractivity contribution is 1.40. The molecule has 0 saturated heterocycles. The van der Waals surface area contributed by atoms with Gasteiger partial charge in [0.25, 0.3) is 0 Å². The molecule has 1 aromatic heterocycles. The second-order valence-corrected chi connectivity index (χ2v) is 3.88. The third-order valence-corrected chi connectivity index (χ3v) is 2.73. The number of hydrogen-bond acceptors (Lipinski definition) is 2. The normalized spacial score (nSPS) is 10.8. The molecule has 3 heteroatoms. The lowest BCUT2D eigenvalue weighted by Gasteiger charge is -1.97. The molecule has 0 bridgehead atoms. The number of H-pyrrole nitrogens is 1. The zero-order valence-electron chi connectivity index (χ0n) is 7.50. The van der Waals surface area contributed by atoms with Crippen LogP contribution in [0.4, 0.5) is 5.69 Å². The number of aromatic amines is 1. The van der Waals surface area contributed by atoms with E-state index >= 15 is 0 Å². The molecule has 1 heterocycles. The number of aromatic nitrogens is 1. The van der Waals surface area contributed by atoms with Crippen molar-refractivity contribution in [3.8, 4) is 0 Å². The zero-order chi connectivity index (χ0) is 9.26. The maximum atomic E-state index is 5.83. The van der Waals surface area contributed by atoms with Crippen molar-refractivity contribution < 1.29 is 0 Å². The summed E-state index contributed by atoms with van der Waals surface area (Å²) >= 11 is 1.82. The Morgan fingerprint density at radius 1 is 1.46 bits per heavy atom. The van der Waals surface area contributed by atoms with Crippen LogP contribution in [0.15, 0.2) is 24.4 Å². The standard InChI is InChI=1S/C10H12N2S/c1-13-6-7-5-12-10-8(7)3-2-4-9(10)11/h2-5,12H,6,11H2,1H3. The first kappa shape index (κ1) is 8.51. The van der Waals surface area contributed by atoms with Gasteiger partial charge < -0.3 is 10.7 Å². The minimum atomic E-state index is 0.824. The van der Waals surface area contributed by atoms with Gasteiger partial charge in [-0.15, -0.1) is 0 Å². The molecule has 1 aromatic carbocycles. The van der Waals surface area contributed by atoms with Crippen LogP contribution in [-0.2, 0) is 5.75 Å². The molecule has 2 nitrogen and oxygen atoms in total. The van der Waals surface area contributed by atoms with E-state index in [1.807, 2.05) is 30.1 Å². The SMILES string of the molecule is CSCc1c[nH]c2c(N)cccc12. The number of thioether (sulfide) groups is 1. The van der Waals surface area contributed by atoms with Gasteiger partial charge in [0.15, 0.2) is 0 Å². The fraction of sp³-hybridized carbons (Fsp3) is 0.200. The van der Waals surface area contributed by atoms with Gasteiger partial charge in [-0.1, -0.05) is 12.1 Å². The molecule has 13 heavy (non-hydrogen) atoms. The number of hydrogen-bond donors (Lipinski definition) is 2. The summed E-state index contributed by atoms with van der Waals surface area (Å²) in [6.45, 7) is 0. The van der Waals surface area contributed by atoms with Crippen molar-refractivity contribution in [3.63, 3.8) is 0 Å². The van der Waals surface area contributed by atoms with Gasteiger partial charge in [0.1, 0.15) is 0 Å².